The lowest BCUT2D eigenvalue weighted by Crippen LogP contribution is -2.19. The number of ether oxygens (including phenoxy) is 1. The van der Waals surface area contributed by atoms with Gasteiger partial charge in [-0.3, -0.25) is 0 Å². The molecule has 1 heterocycles. The van der Waals surface area contributed by atoms with Crippen molar-refractivity contribution in [3.8, 4) is 5.75 Å². The summed E-state index contributed by atoms with van der Waals surface area (Å²) in [6.45, 7) is 2.28. The first kappa shape index (κ1) is 21.2. The maximum absolute atomic E-state index is 12.3. The van der Waals surface area contributed by atoms with Gasteiger partial charge in [-0.2, -0.15) is 13.2 Å². The van der Waals surface area contributed by atoms with Gasteiger partial charge in [0, 0.05) is 23.6 Å². The molecule has 0 aliphatic heterocycles. The van der Waals surface area contributed by atoms with Crippen LogP contribution in [0.1, 0.15) is 36.5 Å². The molecule has 156 valence electrons. The number of hydrogen-bond acceptors (Lipinski definition) is 2. The average Bonchev–Trinajstić information content (AvgIpc) is 3.10. The molecule has 0 saturated carbocycles. The van der Waals surface area contributed by atoms with Crippen molar-refractivity contribution < 1.29 is 17.9 Å². The highest BCUT2D eigenvalue weighted by Crippen LogP contribution is 2.22. The Morgan fingerprint density at radius 3 is 2.69 bits per heavy atom. The summed E-state index contributed by atoms with van der Waals surface area (Å²) in [5, 5.41) is 4.63. The Morgan fingerprint density at radius 1 is 1.03 bits per heavy atom. The number of H-pyrrole nitrogens is 1. The molecule has 0 bridgehead atoms. The van der Waals surface area contributed by atoms with Gasteiger partial charge in [0.1, 0.15) is 5.75 Å². The number of aromatic nitrogens is 1. The normalized spacial score (nSPS) is 11.9. The molecule has 3 aromatic rings. The van der Waals surface area contributed by atoms with Gasteiger partial charge in [-0.25, -0.2) is 0 Å². The summed E-state index contributed by atoms with van der Waals surface area (Å²) in [6.07, 6.45) is 2.08. The van der Waals surface area contributed by atoms with Crippen LogP contribution in [0.25, 0.3) is 10.9 Å². The lowest BCUT2D eigenvalue weighted by atomic mass is 10.0. The molecule has 0 radical (unpaired) electrons. The number of nitrogens with one attached hydrogen (secondary N) is 2. The van der Waals surface area contributed by atoms with E-state index in [4.69, 9.17) is 4.74 Å². The van der Waals surface area contributed by atoms with Gasteiger partial charge in [0.05, 0.1) is 0 Å². The molecular formula is C23H27F3N2O. The number of aryl methyl sites for hydroxylation is 1. The van der Waals surface area contributed by atoms with Crippen molar-refractivity contribution in [3.63, 3.8) is 0 Å². The number of rotatable bonds is 10. The van der Waals surface area contributed by atoms with Crippen LogP contribution >= 0.6 is 0 Å². The maximum Gasteiger partial charge on any atom is 0.422 e. The van der Waals surface area contributed by atoms with E-state index < -0.39 is 12.8 Å². The minimum Gasteiger partial charge on any atom is -0.484 e. The second-order valence-corrected chi connectivity index (χ2v) is 7.28. The third-order valence-electron chi connectivity index (χ3n) is 4.85. The maximum atomic E-state index is 12.3. The first-order valence-corrected chi connectivity index (χ1v) is 10.0. The van der Waals surface area contributed by atoms with Gasteiger partial charge in [0.2, 0.25) is 0 Å². The Balaban J connectivity index is 1.51. The molecule has 0 aliphatic rings. The summed E-state index contributed by atoms with van der Waals surface area (Å²) < 4.78 is 41.7. The topological polar surface area (TPSA) is 37.0 Å². The molecule has 2 aromatic carbocycles. The number of alkyl halides is 3. The van der Waals surface area contributed by atoms with Gasteiger partial charge >= 0.3 is 6.18 Å². The number of aromatic amines is 1. The Morgan fingerprint density at radius 2 is 1.90 bits per heavy atom. The van der Waals surface area contributed by atoms with E-state index in [0.717, 1.165) is 30.5 Å². The molecule has 3 rings (SSSR count). The summed E-state index contributed by atoms with van der Waals surface area (Å²) in [7, 11) is 0. The predicted octanol–water partition coefficient (Wildman–Crippen LogP) is 5.78. The molecular weight excluding hydrogens is 377 g/mol. The molecule has 0 unspecified atom stereocenters. The van der Waals surface area contributed by atoms with Crippen LogP contribution in [0.2, 0.25) is 0 Å². The van der Waals surface area contributed by atoms with E-state index in [1.165, 1.54) is 35.4 Å². The SMILES string of the molecule is CCCCc1ccc2[nH]cc(CCNCc3cccc(OCC(F)(F)F)c3)c2c1. The molecule has 2 N–H and O–H groups in total. The fraction of sp³-hybridized carbons (Fsp3) is 0.391. The number of hydrogen-bond donors (Lipinski definition) is 2. The largest absolute Gasteiger partial charge is 0.484 e. The van der Waals surface area contributed by atoms with Gasteiger partial charge in [-0.15, -0.1) is 0 Å². The van der Waals surface area contributed by atoms with Gasteiger partial charge in [0.25, 0.3) is 0 Å². The Labute approximate surface area is 169 Å². The zero-order valence-corrected chi connectivity index (χ0v) is 16.6. The molecule has 29 heavy (non-hydrogen) atoms. The Kier molecular flexibility index (Phi) is 7.20. The van der Waals surface area contributed by atoms with Crippen molar-refractivity contribution >= 4 is 10.9 Å². The summed E-state index contributed by atoms with van der Waals surface area (Å²) >= 11 is 0. The van der Waals surface area contributed by atoms with Crippen LogP contribution in [0.15, 0.2) is 48.7 Å². The highest BCUT2D eigenvalue weighted by atomic mass is 19.4. The zero-order chi connectivity index (χ0) is 20.7. The fourth-order valence-corrected chi connectivity index (χ4v) is 3.33. The molecule has 0 atom stereocenters. The number of unbranched alkanes of at least 4 members (excludes halogenated alkanes) is 1. The molecule has 3 nitrogen and oxygen atoms in total. The minimum absolute atomic E-state index is 0.234. The second-order valence-electron chi connectivity index (χ2n) is 7.28. The summed E-state index contributed by atoms with van der Waals surface area (Å²) in [4.78, 5) is 3.33. The lowest BCUT2D eigenvalue weighted by Gasteiger charge is -2.10. The fourth-order valence-electron chi connectivity index (χ4n) is 3.33. The van der Waals surface area contributed by atoms with E-state index in [1.54, 1.807) is 12.1 Å². The number of halogens is 3. The highest BCUT2D eigenvalue weighted by Gasteiger charge is 2.28. The van der Waals surface area contributed by atoms with Crippen LogP contribution in [0.5, 0.6) is 5.75 Å². The Bertz CT molecular complexity index is 918. The third kappa shape index (κ3) is 6.53. The summed E-state index contributed by atoms with van der Waals surface area (Å²) in [5.74, 6) is 0.234. The van der Waals surface area contributed by atoms with Crippen molar-refractivity contribution in [2.24, 2.45) is 0 Å². The van der Waals surface area contributed by atoms with Crippen LogP contribution in [0, 0.1) is 0 Å². The lowest BCUT2D eigenvalue weighted by molar-refractivity contribution is -0.153. The van der Waals surface area contributed by atoms with Crippen molar-refractivity contribution in [1.82, 2.24) is 10.3 Å². The zero-order valence-electron chi connectivity index (χ0n) is 16.6. The van der Waals surface area contributed by atoms with Crippen molar-refractivity contribution in [2.75, 3.05) is 13.2 Å². The van der Waals surface area contributed by atoms with E-state index in [2.05, 4.69) is 41.6 Å². The summed E-state index contributed by atoms with van der Waals surface area (Å²) in [6, 6.07) is 13.4. The van der Waals surface area contributed by atoms with Gasteiger partial charge in [0.15, 0.2) is 6.61 Å². The Hall–Kier alpha value is -2.47. The second kappa shape index (κ2) is 9.83. The first-order chi connectivity index (χ1) is 13.9. The van der Waals surface area contributed by atoms with Crippen molar-refractivity contribution in [1.29, 1.82) is 0 Å². The van der Waals surface area contributed by atoms with Gasteiger partial charge < -0.3 is 15.0 Å². The predicted molar refractivity (Wildman–Crippen MR) is 110 cm³/mol. The first-order valence-electron chi connectivity index (χ1n) is 10.0. The minimum atomic E-state index is -4.33. The third-order valence-corrected chi connectivity index (χ3v) is 4.85. The molecule has 0 amide bonds. The van der Waals surface area contributed by atoms with E-state index in [9.17, 15) is 13.2 Å². The van der Waals surface area contributed by atoms with Crippen LogP contribution in [0.3, 0.4) is 0 Å². The van der Waals surface area contributed by atoms with E-state index in [-0.39, 0.29) is 5.75 Å². The number of fused-ring (bicyclic) bond motifs is 1. The van der Waals surface area contributed by atoms with Crippen LogP contribution in [0.4, 0.5) is 13.2 Å². The average molecular weight is 404 g/mol. The molecule has 0 spiro atoms. The molecule has 6 heteroatoms. The van der Waals surface area contributed by atoms with Crippen LogP contribution < -0.4 is 10.1 Å². The smallest absolute Gasteiger partial charge is 0.422 e. The van der Waals surface area contributed by atoms with Crippen LogP contribution in [-0.4, -0.2) is 24.3 Å². The molecule has 1 aromatic heterocycles. The van der Waals surface area contributed by atoms with Gasteiger partial charge in [-0.1, -0.05) is 31.5 Å². The highest BCUT2D eigenvalue weighted by molar-refractivity contribution is 5.83. The molecule has 0 aliphatic carbocycles. The van der Waals surface area contributed by atoms with Crippen molar-refractivity contribution in [3.05, 3.63) is 65.4 Å². The quantitative estimate of drug-likeness (QED) is 0.420. The standard InChI is InChI=1S/C23H27F3N2O/c1-2-3-5-17-8-9-22-21(13-17)19(15-28-22)10-11-27-14-18-6-4-7-20(12-18)29-16-23(24,25)26/h4,6-9,12-13,15,27-28H,2-3,5,10-11,14,16H2,1H3. The van der Waals surface area contributed by atoms with Crippen molar-refractivity contribution in [2.45, 2.75) is 45.3 Å². The molecule has 0 fully saturated rings. The monoisotopic (exact) mass is 404 g/mol. The van der Waals surface area contributed by atoms with Crippen LogP contribution in [-0.2, 0) is 19.4 Å². The van der Waals surface area contributed by atoms with E-state index >= 15 is 0 Å². The van der Waals surface area contributed by atoms with Gasteiger partial charge in [-0.05, 0) is 66.8 Å². The van der Waals surface area contributed by atoms with E-state index in [0.29, 0.717) is 6.54 Å². The number of benzene rings is 2. The summed E-state index contributed by atoms with van der Waals surface area (Å²) in [5.41, 5.74) is 4.68. The molecule has 0 saturated heterocycles. The van der Waals surface area contributed by atoms with E-state index in [1.807, 2.05) is 6.07 Å².